The van der Waals surface area contributed by atoms with E-state index < -0.39 is 0 Å². The van der Waals surface area contributed by atoms with Crippen LogP contribution < -0.4 is 10.5 Å². The number of halogens is 1. The quantitative estimate of drug-likeness (QED) is 0.667. The number of para-hydroxylation sites is 1. The highest BCUT2D eigenvalue weighted by atomic mass is 79.9. The Bertz CT molecular complexity index is 1070. The van der Waals surface area contributed by atoms with Gasteiger partial charge >= 0.3 is 0 Å². The van der Waals surface area contributed by atoms with E-state index >= 15 is 0 Å². The summed E-state index contributed by atoms with van der Waals surface area (Å²) in [5.74, 6) is 0.301. The van der Waals surface area contributed by atoms with Crippen molar-refractivity contribution < 1.29 is 4.79 Å². The molecule has 0 fully saturated rings. The number of aromatic nitrogens is 2. The first-order valence-electron chi connectivity index (χ1n) is 7.99. The van der Waals surface area contributed by atoms with Crippen LogP contribution in [0.25, 0.3) is 10.9 Å². The number of rotatable bonds is 2. The molecule has 4 rings (SSSR count). The van der Waals surface area contributed by atoms with Crippen LogP contribution in [0.3, 0.4) is 0 Å². The van der Waals surface area contributed by atoms with E-state index in [9.17, 15) is 9.59 Å². The lowest BCUT2D eigenvalue weighted by Crippen LogP contribution is -2.28. The third-order valence-electron chi connectivity index (χ3n) is 4.82. The molecule has 0 saturated carbocycles. The summed E-state index contributed by atoms with van der Waals surface area (Å²) >= 11 is 3.48. The number of nitrogens with zero attached hydrogens (tertiary/aromatic N) is 3. The number of carbonyl (C=O) groups excluding carboxylic acids is 1. The Labute approximate surface area is 153 Å². The Hall–Kier alpha value is -2.47. The van der Waals surface area contributed by atoms with E-state index in [-0.39, 0.29) is 17.4 Å². The average molecular weight is 398 g/mol. The Morgan fingerprint density at radius 2 is 1.88 bits per heavy atom. The second-order valence-electron chi connectivity index (χ2n) is 6.27. The molecule has 6 heteroatoms. The Morgan fingerprint density at radius 1 is 1.12 bits per heavy atom. The van der Waals surface area contributed by atoms with E-state index in [0.717, 1.165) is 15.7 Å². The summed E-state index contributed by atoms with van der Waals surface area (Å²) in [6.45, 7) is 0. The summed E-state index contributed by atoms with van der Waals surface area (Å²) in [4.78, 5) is 31.6. The zero-order valence-electron chi connectivity index (χ0n) is 13.9. The molecule has 0 radical (unpaired) electrons. The van der Waals surface area contributed by atoms with E-state index in [0.29, 0.717) is 23.1 Å². The number of anilines is 1. The second kappa shape index (κ2) is 5.81. The molecule has 1 atom stereocenters. The maximum absolute atomic E-state index is 12.7. The summed E-state index contributed by atoms with van der Waals surface area (Å²) < 4.78 is 2.48. The largest absolute Gasteiger partial charge is 0.315 e. The van der Waals surface area contributed by atoms with Gasteiger partial charge in [-0.2, -0.15) is 0 Å². The molecule has 0 bridgehead atoms. The van der Waals surface area contributed by atoms with Gasteiger partial charge < -0.3 is 4.90 Å². The highest BCUT2D eigenvalue weighted by Crippen LogP contribution is 2.39. The number of likely N-dealkylation sites (N-methyl/N-ethyl adjacent to an activating group) is 1. The van der Waals surface area contributed by atoms with Crippen molar-refractivity contribution in [1.82, 2.24) is 9.55 Å². The molecular formula is C19H16BrN3O2. The number of carbonyl (C=O) groups is 1. The zero-order valence-corrected chi connectivity index (χ0v) is 15.4. The van der Waals surface area contributed by atoms with Gasteiger partial charge in [0.2, 0.25) is 5.91 Å². The van der Waals surface area contributed by atoms with Crippen molar-refractivity contribution in [2.24, 2.45) is 7.05 Å². The maximum Gasteiger partial charge on any atom is 0.261 e. The van der Waals surface area contributed by atoms with Gasteiger partial charge in [0.05, 0.1) is 16.8 Å². The maximum atomic E-state index is 12.7. The average Bonchev–Trinajstić information content (AvgIpc) is 2.84. The zero-order chi connectivity index (χ0) is 17.7. The molecule has 1 aromatic heterocycles. The molecule has 0 saturated heterocycles. The van der Waals surface area contributed by atoms with E-state index in [1.54, 1.807) is 29.6 Å². The lowest BCUT2D eigenvalue weighted by atomic mass is 9.96. The molecule has 2 heterocycles. The molecule has 5 nitrogen and oxygen atoms in total. The van der Waals surface area contributed by atoms with Crippen LogP contribution in [0.1, 0.15) is 17.3 Å². The lowest BCUT2D eigenvalue weighted by Gasteiger charge is -2.14. The van der Waals surface area contributed by atoms with Crippen molar-refractivity contribution >= 4 is 38.4 Å². The summed E-state index contributed by atoms with van der Waals surface area (Å²) in [5.41, 5.74) is 2.44. The predicted octanol–water partition coefficient (Wildman–Crippen LogP) is 3.00. The van der Waals surface area contributed by atoms with Crippen molar-refractivity contribution in [3.8, 4) is 0 Å². The van der Waals surface area contributed by atoms with E-state index in [2.05, 4.69) is 20.9 Å². The van der Waals surface area contributed by atoms with Gasteiger partial charge in [0.1, 0.15) is 5.82 Å². The fourth-order valence-electron chi connectivity index (χ4n) is 3.42. The van der Waals surface area contributed by atoms with E-state index in [4.69, 9.17) is 0 Å². The number of hydrogen-bond donors (Lipinski definition) is 0. The van der Waals surface area contributed by atoms with Gasteiger partial charge in [0, 0.05) is 30.7 Å². The third kappa shape index (κ3) is 2.48. The number of hydrogen-bond acceptors (Lipinski definition) is 3. The minimum atomic E-state index is -0.336. The topological polar surface area (TPSA) is 55.2 Å². The Balaban J connectivity index is 1.83. The van der Waals surface area contributed by atoms with Crippen LogP contribution in [-0.2, 0) is 18.3 Å². The smallest absolute Gasteiger partial charge is 0.261 e. The van der Waals surface area contributed by atoms with Crippen LogP contribution in [0.5, 0.6) is 0 Å². The monoisotopic (exact) mass is 397 g/mol. The van der Waals surface area contributed by atoms with Crippen LogP contribution >= 0.6 is 15.9 Å². The standard InChI is InChI=1S/C19H16BrN3O2/c1-22-16-8-7-11(20)9-13(16)14(19(22)25)10-17-21-15-6-4-3-5-12(15)18(24)23(17)2/h3-9,14H,10H2,1-2H3/t14-/m0/s1. The van der Waals surface area contributed by atoms with Crippen molar-refractivity contribution in [2.75, 3.05) is 11.9 Å². The predicted molar refractivity (Wildman–Crippen MR) is 101 cm³/mol. The van der Waals surface area contributed by atoms with Crippen LogP contribution in [0.4, 0.5) is 5.69 Å². The summed E-state index contributed by atoms with van der Waals surface area (Å²) in [7, 11) is 3.49. The van der Waals surface area contributed by atoms with Gasteiger partial charge in [-0.15, -0.1) is 0 Å². The molecule has 25 heavy (non-hydrogen) atoms. The molecule has 1 aliphatic heterocycles. The van der Waals surface area contributed by atoms with Gasteiger partial charge in [-0.05, 0) is 35.9 Å². The SMILES string of the molecule is CN1C(=O)[C@@H](Cc2nc3ccccc3c(=O)n2C)c2cc(Br)ccc21. The summed E-state index contributed by atoms with van der Waals surface area (Å²) in [6, 6.07) is 13.1. The minimum Gasteiger partial charge on any atom is -0.315 e. The molecule has 0 aliphatic carbocycles. The molecule has 0 N–H and O–H groups in total. The van der Waals surface area contributed by atoms with Gasteiger partial charge in [0.15, 0.2) is 0 Å². The second-order valence-corrected chi connectivity index (χ2v) is 7.18. The van der Waals surface area contributed by atoms with Crippen LogP contribution in [0.15, 0.2) is 51.7 Å². The minimum absolute atomic E-state index is 0.0236. The van der Waals surface area contributed by atoms with Crippen molar-refractivity contribution in [1.29, 1.82) is 0 Å². The fraction of sp³-hybridized carbons (Fsp3) is 0.211. The normalized spacial score (nSPS) is 16.5. The number of amides is 1. The molecule has 1 aliphatic rings. The number of fused-ring (bicyclic) bond motifs is 2. The van der Waals surface area contributed by atoms with Crippen molar-refractivity contribution in [3.63, 3.8) is 0 Å². The van der Waals surface area contributed by atoms with Gasteiger partial charge in [-0.1, -0.05) is 28.1 Å². The molecule has 3 aromatic rings. The highest BCUT2D eigenvalue weighted by molar-refractivity contribution is 9.10. The van der Waals surface area contributed by atoms with Crippen molar-refractivity contribution in [3.05, 3.63) is 68.7 Å². The van der Waals surface area contributed by atoms with E-state index in [1.165, 1.54) is 0 Å². The first kappa shape index (κ1) is 16.0. The molecule has 1 amide bonds. The van der Waals surface area contributed by atoms with Crippen LogP contribution in [0.2, 0.25) is 0 Å². The van der Waals surface area contributed by atoms with Gasteiger partial charge in [0.25, 0.3) is 5.56 Å². The molecular weight excluding hydrogens is 382 g/mol. The van der Waals surface area contributed by atoms with Crippen LogP contribution in [-0.4, -0.2) is 22.5 Å². The lowest BCUT2D eigenvalue weighted by molar-refractivity contribution is -0.119. The number of benzene rings is 2. The van der Waals surface area contributed by atoms with Gasteiger partial charge in [-0.3, -0.25) is 14.2 Å². The molecule has 126 valence electrons. The van der Waals surface area contributed by atoms with Crippen molar-refractivity contribution in [2.45, 2.75) is 12.3 Å². The highest BCUT2D eigenvalue weighted by Gasteiger charge is 2.36. The fourth-order valence-corrected chi connectivity index (χ4v) is 3.80. The molecule has 2 aromatic carbocycles. The molecule has 0 spiro atoms. The Kier molecular flexibility index (Phi) is 3.72. The first-order valence-corrected chi connectivity index (χ1v) is 8.78. The third-order valence-corrected chi connectivity index (χ3v) is 5.31. The molecule has 0 unspecified atom stereocenters. The van der Waals surface area contributed by atoms with Crippen LogP contribution in [0, 0.1) is 0 Å². The summed E-state index contributed by atoms with van der Waals surface area (Å²) in [6.07, 6.45) is 0.392. The Morgan fingerprint density at radius 3 is 2.68 bits per heavy atom. The van der Waals surface area contributed by atoms with E-state index in [1.807, 2.05) is 36.4 Å². The first-order chi connectivity index (χ1) is 12.0. The van der Waals surface area contributed by atoms with Gasteiger partial charge in [-0.25, -0.2) is 4.98 Å². The summed E-state index contributed by atoms with van der Waals surface area (Å²) in [5, 5.41) is 0.590.